The van der Waals surface area contributed by atoms with E-state index in [-0.39, 0.29) is 11.4 Å². The summed E-state index contributed by atoms with van der Waals surface area (Å²) in [4.78, 5) is 15.3. The van der Waals surface area contributed by atoms with E-state index in [1.807, 2.05) is 37.1 Å². The molecule has 112 valence electrons. The summed E-state index contributed by atoms with van der Waals surface area (Å²) >= 11 is 1.71. The monoisotopic (exact) mass is 296 g/mol. The van der Waals surface area contributed by atoms with Gasteiger partial charge in [-0.15, -0.1) is 11.3 Å². The van der Waals surface area contributed by atoms with Crippen LogP contribution < -0.4 is 5.32 Å². The maximum atomic E-state index is 12.2. The largest absolute Gasteiger partial charge is 0.389 e. The van der Waals surface area contributed by atoms with Crippen molar-refractivity contribution in [2.45, 2.75) is 39.2 Å². The second-order valence-electron chi connectivity index (χ2n) is 6.39. The van der Waals surface area contributed by atoms with Gasteiger partial charge in [-0.25, -0.2) is 4.79 Å². The lowest BCUT2D eigenvalue weighted by Crippen LogP contribution is -2.58. The Labute approximate surface area is 124 Å². The first kappa shape index (κ1) is 15.3. The van der Waals surface area contributed by atoms with E-state index in [0.717, 1.165) is 6.42 Å². The van der Waals surface area contributed by atoms with Crippen molar-refractivity contribution >= 4 is 17.4 Å². The molecule has 0 unspecified atom stereocenters. The van der Waals surface area contributed by atoms with E-state index in [4.69, 9.17) is 0 Å². The third-order valence-corrected chi connectivity index (χ3v) is 5.36. The molecule has 0 radical (unpaired) electrons. The molecule has 1 aliphatic rings. The summed E-state index contributed by atoms with van der Waals surface area (Å²) in [5.74, 6) is 0. The summed E-state index contributed by atoms with van der Waals surface area (Å²) in [7, 11) is 0. The van der Waals surface area contributed by atoms with E-state index >= 15 is 0 Å². The van der Waals surface area contributed by atoms with Crippen LogP contribution >= 0.6 is 11.3 Å². The average molecular weight is 296 g/mol. The number of nitrogens with one attached hydrogen (secondary N) is 1. The highest BCUT2D eigenvalue weighted by molar-refractivity contribution is 7.09. The molecule has 1 aliphatic heterocycles. The van der Waals surface area contributed by atoms with Gasteiger partial charge in [0, 0.05) is 29.9 Å². The fourth-order valence-electron chi connectivity index (χ4n) is 2.45. The van der Waals surface area contributed by atoms with Gasteiger partial charge in [0.2, 0.25) is 0 Å². The number of hydrogen-bond donors (Lipinski definition) is 2. The summed E-state index contributed by atoms with van der Waals surface area (Å²) in [5, 5.41) is 15.4. The summed E-state index contributed by atoms with van der Waals surface area (Å²) in [6.07, 6.45) is 1.50. The molecule has 4 nitrogen and oxygen atoms in total. The molecule has 2 amide bonds. The Morgan fingerprint density at radius 2 is 2.25 bits per heavy atom. The minimum Gasteiger partial charge on any atom is -0.389 e. The van der Waals surface area contributed by atoms with Crippen molar-refractivity contribution in [3.8, 4) is 0 Å². The van der Waals surface area contributed by atoms with Crippen molar-refractivity contribution < 1.29 is 9.90 Å². The molecule has 2 heterocycles. The number of likely N-dealkylation sites (tertiary alicyclic amines) is 1. The third-order valence-electron chi connectivity index (χ3n) is 4.43. The van der Waals surface area contributed by atoms with E-state index in [1.54, 1.807) is 11.3 Å². The Morgan fingerprint density at radius 3 is 2.85 bits per heavy atom. The van der Waals surface area contributed by atoms with Gasteiger partial charge in [-0.1, -0.05) is 19.9 Å². The average Bonchev–Trinajstić information content (AvgIpc) is 2.85. The van der Waals surface area contributed by atoms with Crippen LogP contribution in [0.4, 0.5) is 4.79 Å². The minimum atomic E-state index is -0.708. The molecule has 0 aromatic carbocycles. The maximum absolute atomic E-state index is 12.2. The molecular weight excluding hydrogens is 272 g/mol. The van der Waals surface area contributed by atoms with Crippen molar-refractivity contribution in [3.63, 3.8) is 0 Å². The topological polar surface area (TPSA) is 52.6 Å². The Bertz CT molecular complexity index is 454. The lowest BCUT2D eigenvalue weighted by Gasteiger charge is -2.48. The summed E-state index contributed by atoms with van der Waals surface area (Å²) in [5.41, 5.74) is -0.989. The van der Waals surface area contributed by atoms with Crippen LogP contribution in [0.15, 0.2) is 17.5 Å². The lowest BCUT2D eigenvalue weighted by atomic mass is 9.71. The molecule has 2 N–H and O–H groups in total. The van der Waals surface area contributed by atoms with Crippen LogP contribution in [0.2, 0.25) is 0 Å². The molecule has 2 rings (SSSR count). The molecule has 5 heteroatoms. The normalized spacial score (nSPS) is 25.5. The maximum Gasteiger partial charge on any atom is 0.317 e. The number of nitrogens with zero attached hydrogens (tertiary/aromatic N) is 1. The molecule has 1 atom stereocenters. The second-order valence-corrected chi connectivity index (χ2v) is 7.42. The van der Waals surface area contributed by atoms with Crippen LogP contribution in [0.1, 0.15) is 32.1 Å². The van der Waals surface area contributed by atoms with Gasteiger partial charge in [0.05, 0.1) is 5.60 Å². The number of rotatable bonds is 3. The zero-order valence-corrected chi connectivity index (χ0v) is 13.3. The summed E-state index contributed by atoms with van der Waals surface area (Å²) < 4.78 is 0. The second kappa shape index (κ2) is 5.74. The standard InChI is InChI=1S/C15H24N2O2S/c1-14(2)11-17(9-7-15(14,3)19)13(18)16-8-6-12-5-4-10-20-12/h4-5,10,19H,6-9,11H2,1-3H3,(H,16,18)/t15-/m0/s1. The highest BCUT2D eigenvalue weighted by atomic mass is 32.1. The number of carbonyl (C=O) groups excluding carboxylic acids is 1. The molecule has 1 aromatic rings. The van der Waals surface area contributed by atoms with Gasteiger partial charge >= 0.3 is 6.03 Å². The van der Waals surface area contributed by atoms with Crippen molar-refractivity contribution in [2.75, 3.05) is 19.6 Å². The smallest absolute Gasteiger partial charge is 0.317 e. The Morgan fingerprint density at radius 1 is 1.50 bits per heavy atom. The van der Waals surface area contributed by atoms with Crippen molar-refractivity contribution in [1.82, 2.24) is 10.2 Å². The zero-order chi connectivity index (χ0) is 14.8. The van der Waals surface area contributed by atoms with Gasteiger partial charge in [0.1, 0.15) is 0 Å². The number of aliphatic hydroxyl groups is 1. The third kappa shape index (κ3) is 3.33. The molecule has 0 bridgehead atoms. The van der Waals surface area contributed by atoms with Crippen molar-refractivity contribution in [2.24, 2.45) is 5.41 Å². The fourth-order valence-corrected chi connectivity index (χ4v) is 3.16. The summed E-state index contributed by atoms with van der Waals surface area (Å²) in [6.45, 7) is 7.74. The molecule has 1 saturated heterocycles. The Kier molecular flexibility index (Phi) is 4.39. The van der Waals surface area contributed by atoms with E-state index in [0.29, 0.717) is 26.1 Å². The van der Waals surface area contributed by atoms with Crippen LogP contribution in [0.3, 0.4) is 0 Å². The first-order chi connectivity index (χ1) is 9.32. The van der Waals surface area contributed by atoms with E-state index in [2.05, 4.69) is 11.4 Å². The number of urea groups is 1. The minimum absolute atomic E-state index is 0.0230. The number of amides is 2. The van der Waals surface area contributed by atoms with E-state index in [9.17, 15) is 9.90 Å². The molecule has 0 aliphatic carbocycles. The SMILES string of the molecule is CC1(C)CN(C(=O)NCCc2cccs2)CC[C@]1(C)O. The predicted molar refractivity (Wildman–Crippen MR) is 82.0 cm³/mol. The fraction of sp³-hybridized carbons (Fsp3) is 0.667. The number of carbonyl (C=O) groups is 1. The molecule has 20 heavy (non-hydrogen) atoms. The number of piperidine rings is 1. The van der Waals surface area contributed by atoms with Gasteiger partial charge in [-0.3, -0.25) is 0 Å². The highest BCUT2D eigenvalue weighted by Gasteiger charge is 2.45. The van der Waals surface area contributed by atoms with Crippen molar-refractivity contribution in [3.05, 3.63) is 22.4 Å². The molecule has 1 fully saturated rings. The van der Waals surface area contributed by atoms with Gasteiger partial charge in [0.15, 0.2) is 0 Å². The molecule has 0 saturated carbocycles. The number of thiophene rings is 1. The van der Waals surface area contributed by atoms with Crippen LogP contribution in [-0.2, 0) is 6.42 Å². The van der Waals surface area contributed by atoms with Crippen LogP contribution in [0.25, 0.3) is 0 Å². The molecular formula is C15H24N2O2S. The summed E-state index contributed by atoms with van der Waals surface area (Å²) in [6, 6.07) is 4.08. The van der Waals surface area contributed by atoms with Gasteiger partial charge in [0.25, 0.3) is 0 Å². The van der Waals surface area contributed by atoms with Crippen LogP contribution in [0.5, 0.6) is 0 Å². The van der Waals surface area contributed by atoms with Crippen molar-refractivity contribution in [1.29, 1.82) is 0 Å². The zero-order valence-electron chi connectivity index (χ0n) is 12.5. The first-order valence-electron chi connectivity index (χ1n) is 7.09. The predicted octanol–water partition coefficient (Wildman–Crippen LogP) is 2.48. The first-order valence-corrected chi connectivity index (χ1v) is 7.97. The Balaban J connectivity index is 1.81. The van der Waals surface area contributed by atoms with E-state index in [1.165, 1.54) is 4.88 Å². The van der Waals surface area contributed by atoms with Gasteiger partial charge in [-0.05, 0) is 31.2 Å². The quantitative estimate of drug-likeness (QED) is 0.900. The lowest BCUT2D eigenvalue weighted by molar-refractivity contribution is -0.0954. The van der Waals surface area contributed by atoms with Crippen LogP contribution in [-0.4, -0.2) is 41.3 Å². The molecule has 1 aromatic heterocycles. The molecule has 0 spiro atoms. The van der Waals surface area contributed by atoms with Crippen LogP contribution in [0, 0.1) is 5.41 Å². The van der Waals surface area contributed by atoms with Gasteiger partial charge < -0.3 is 15.3 Å². The van der Waals surface area contributed by atoms with E-state index < -0.39 is 5.60 Å². The highest BCUT2D eigenvalue weighted by Crippen LogP contribution is 2.38. The Hall–Kier alpha value is -1.07. The number of hydrogen-bond acceptors (Lipinski definition) is 3. The van der Waals surface area contributed by atoms with Gasteiger partial charge in [-0.2, -0.15) is 0 Å².